The Balaban J connectivity index is 0.000000153. The molecule has 0 amide bonds. The number of piperazine rings is 1. The summed E-state index contributed by atoms with van der Waals surface area (Å²) in [6.07, 6.45) is 12.2. The molecule has 18 nitrogen and oxygen atoms in total. The second-order valence-corrected chi connectivity index (χ2v) is 34.9. The molecule has 0 aliphatic carbocycles. The van der Waals surface area contributed by atoms with Gasteiger partial charge in [0.15, 0.2) is 0 Å². The summed E-state index contributed by atoms with van der Waals surface area (Å²) in [7, 11) is 2.17. The van der Waals surface area contributed by atoms with Crippen molar-refractivity contribution in [1.82, 2.24) is 24.5 Å². The van der Waals surface area contributed by atoms with Gasteiger partial charge in [-0.3, -0.25) is 19.6 Å². The summed E-state index contributed by atoms with van der Waals surface area (Å²) in [5.41, 5.74) is 22.1. The van der Waals surface area contributed by atoms with Crippen molar-refractivity contribution < 1.29 is 64.5 Å². The second kappa shape index (κ2) is 55.6. The average Bonchev–Trinajstić information content (AvgIpc) is 0.835. The van der Waals surface area contributed by atoms with E-state index in [2.05, 4.69) is 129 Å². The molecule has 0 saturated carbocycles. The van der Waals surface area contributed by atoms with E-state index in [9.17, 15) is 40.9 Å². The Kier molecular flexibility index (Phi) is 41.3. The number of aliphatic hydroxyl groups is 4. The SMILES string of the molecule is CN1CCN(CCOc2ccc(/C(=C(/CCCO)c3ccccc3)c3ccc(O)cc3)cc2)CC1.OCCC/C(=C(\c1ccc(O)cc1)c1ccc(OCCN2CCCC2)cc1)c1ccccc1.OCCC/C(=C(\c1ccc(O)cc1)c1ccc(OCCN2CCCCC2)cc1)c1ccccc1.OCCC/C(=C(\c1ccc(O)cc1)c1ccc(OCCN2CCOCC2)cc1)c1ccccc1. The standard InChI is InChI=1S/C30H36N2O3.C30H35NO3.C29H33NO4.C29H33NO3/c1-31-17-19-32(20-18-31)21-23-35-28-15-11-26(12-16-28)30(25-9-13-27(34)14-10-25)29(8-5-22-33)24-6-3-2-4-7-24;32-22-7-10-29(24-8-3-1-4-9-24)30(25-11-15-27(33)16-12-25)26-13-17-28(18-14-26)34-23-21-31-19-5-2-6-20-31;31-19-4-7-28(23-5-2-1-3-6-23)29(24-8-12-26(32)13-9-24)25-10-14-27(15-11-25)34-22-18-30-16-20-33-21-17-30;31-21-6-9-28(23-7-2-1-3-8-23)29(24-10-14-26(32)15-11-24)25-12-16-27(17-13-25)33-22-20-30-18-4-5-19-30/h2-4,6-7,9-16,33-34H,5,8,17-23H2,1H3;1,3-4,8-9,11-18,32-33H,2,5-7,10,19-23H2;1-3,5-6,8-15,31-32H,4,7,16-22H2;1-3,7-8,10-17,31-32H,4-6,9,18-22H2/b2*30-29-;2*29-28-. The van der Waals surface area contributed by atoms with Gasteiger partial charge in [0, 0.05) is 91.9 Å². The summed E-state index contributed by atoms with van der Waals surface area (Å²) < 4.78 is 29.5. The molecule has 712 valence electrons. The Hall–Kier alpha value is -12.4. The van der Waals surface area contributed by atoms with Gasteiger partial charge in [-0.25, -0.2) is 0 Å². The first-order valence-corrected chi connectivity index (χ1v) is 48.7. The van der Waals surface area contributed by atoms with Gasteiger partial charge in [-0.2, -0.15) is 0 Å². The van der Waals surface area contributed by atoms with Crippen molar-refractivity contribution in [2.45, 2.75) is 83.5 Å². The molecule has 12 aromatic rings. The maximum atomic E-state index is 9.86. The van der Waals surface area contributed by atoms with Crippen molar-refractivity contribution in [3.05, 3.63) is 382 Å². The minimum absolute atomic E-state index is 0.134. The fourth-order valence-corrected chi connectivity index (χ4v) is 17.9. The predicted molar refractivity (Wildman–Crippen MR) is 552 cm³/mol. The third kappa shape index (κ3) is 31.6. The van der Waals surface area contributed by atoms with Crippen LogP contribution >= 0.6 is 0 Å². The molecule has 0 spiro atoms. The van der Waals surface area contributed by atoms with E-state index >= 15 is 0 Å². The molecule has 4 aliphatic heterocycles. The highest BCUT2D eigenvalue weighted by molar-refractivity contribution is 6.02. The third-order valence-electron chi connectivity index (χ3n) is 25.3. The number of phenolic OH excluding ortho intramolecular Hbond substituents is 4. The van der Waals surface area contributed by atoms with E-state index < -0.39 is 0 Å². The fraction of sp³-hybridized carbons (Fsp3) is 0.322. The summed E-state index contributed by atoms with van der Waals surface area (Å²) in [6, 6.07) is 104. The van der Waals surface area contributed by atoms with Crippen LogP contribution in [0.4, 0.5) is 0 Å². The Morgan fingerprint density at radius 3 is 0.669 bits per heavy atom. The summed E-state index contributed by atoms with van der Waals surface area (Å²) >= 11 is 0. The summed E-state index contributed by atoms with van der Waals surface area (Å²) in [6.45, 7) is 19.7. The molecular formula is C118H137N5O13. The van der Waals surface area contributed by atoms with Gasteiger partial charge in [0.2, 0.25) is 0 Å². The van der Waals surface area contributed by atoms with E-state index in [1.807, 2.05) is 170 Å². The third-order valence-corrected chi connectivity index (χ3v) is 25.3. The number of piperidine rings is 1. The van der Waals surface area contributed by atoms with Crippen LogP contribution in [0.3, 0.4) is 0 Å². The van der Waals surface area contributed by atoms with E-state index in [1.165, 1.54) is 80.6 Å². The van der Waals surface area contributed by atoms with E-state index in [1.54, 1.807) is 48.5 Å². The zero-order valence-electron chi connectivity index (χ0n) is 79.0. The van der Waals surface area contributed by atoms with E-state index in [0.29, 0.717) is 52.1 Å². The summed E-state index contributed by atoms with van der Waals surface area (Å²) in [4.78, 5) is 12.1. The lowest BCUT2D eigenvalue weighted by Crippen LogP contribution is -2.45. The van der Waals surface area contributed by atoms with Crippen LogP contribution in [0.1, 0.15) is 150 Å². The van der Waals surface area contributed by atoms with Gasteiger partial charge in [0.1, 0.15) is 72.4 Å². The molecule has 0 bridgehead atoms. The number of morpholine rings is 1. The molecule has 4 heterocycles. The van der Waals surface area contributed by atoms with Gasteiger partial charge in [0.25, 0.3) is 0 Å². The van der Waals surface area contributed by atoms with E-state index in [0.717, 1.165) is 216 Å². The van der Waals surface area contributed by atoms with Crippen LogP contribution in [0.2, 0.25) is 0 Å². The maximum absolute atomic E-state index is 9.86. The topological polar surface area (TPSA) is 224 Å². The monoisotopic (exact) mass is 1830 g/mol. The zero-order valence-corrected chi connectivity index (χ0v) is 79.0. The van der Waals surface area contributed by atoms with Gasteiger partial charge in [-0.15, -0.1) is 0 Å². The summed E-state index contributed by atoms with van der Waals surface area (Å²) in [5, 5.41) is 77.6. The Labute approximate surface area is 805 Å². The number of rotatable bonds is 40. The first-order valence-electron chi connectivity index (χ1n) is 48.7. The molecule has 0 radical (unpaired) electrons. The minimum atomic E-state index is 0.134. The van der Waals surface area contributed by atoms with Crippen LogP contribution in [0.5, 0.6) is 46.0 Å². The molecule has 0 aromatic heterocycles. The fourth-order valence-electron chi connectivity index (χ4n) is 17.9. The average molecular weight is 1830 g/mol. The zero-order chi connectivity index (χ0) is 94.5. The molecule has 12 aromatic carbocycles. The lowest BCUT2D eigenvalue weighted by molar-refractivity contribution is 0.0322. The molecule has 4 saturated heterocycles. The molecule has 0 atom stereocenters. The van der Waals surface area contributed by atoms with Crippen molar-refractivity contribution in [3.8, 4) is 46.0 Å². The minimum Gasteiger partial charge on any atom is -0.508 e. The number of aromatic hydroxyl groups is 4. The number of hydrogen-bond acceptors (Lipinski definition) is 18. The van der Waals surface area contributed by atoms with E-state index in [-0.39, 0.29) is 49.4 Å². The molecule has 136 heavy (non-hydrogen) atoms. The van der Waals surface area contributed by atoms with Gasteiger partial charge in [-0.05, 0) is 319 Å². The van der Waals surface area contributed by atoms with Crippen molar-refractivity contribution >= 4 is 44.6 Å². The van der Waals surface area contributed by atoms with Crippen molar-refractivity contribution in [2.75, 3.05) is 165 Å². The number of allylic oxidation sites excluding steroid dienone is 4. The van der Waals surface area contributed by atoms with Gasteiger partial charge in [-0.1, -0.05) is 225 Å². The number of likely N-dealkylation sites (N-methyl/N-ethyl adjacent to an activating group) is 1. The molecule has 0 unspecified atom stereocenters. The smallest absolute Gasteiger partial charge is 0.119 e. The highest BCUT2D eigenvalue weighted by Gasteiger charge is 2.23. The molecule has 16 rings (SSSR count). The van der Waals surface area contributed by atoms with Crippen molar-refractivity contribution in [3.63, 3.8) is 0 Å². The van der Waals surface area contributed by atoms with Crippen molar-refractivity contribution in [1.29, 1.82) is 0 Å². The highest BCUT2D eigenvalue weighted by atomic mass is 16.5. The van der Waals surface area contributed by atoms with Crippen LogP contribution in [-0.2, 0) is 4.74 Å². The van der Waals surface area contributed by atoms with Gasteiger partial charge in [0.05, 0.1) is 13.2 Å². The van der Waals surface area contributed by atoms with Crippen molar-refractivity contribution in [2.24, 2.45) is 0 Å². The highest BCUT2D eigenvalue weighted by Crippen LogP contribution is 2.42. The van der Waals surface area contributed by atoms with E-state index in [4.69, 9.17) is 23.7 Å². The molecular weight excluding hydrogens is 1700 g/mol. The lowest BCUT2D eigenvalue weighted by Gasteiger charge is -2.32. The number of likely N-dealkylation sites (tertiary alicyclic amines) is 2. The Morgan fingerprint density at radius 2 is 0.441 bits per heavy atom. The largest absolute Gasteiger partial charge is 0.508 e. The molecule has 18 heteroatoms. The first kappa shape index (κ1) is 101. The van der Waals surface area contributed by atoms with Gasteiger partial charge < -0.3 is 69.4 Å². The van der Waals surface area contributed by atoms with Crippen LogP contribution < -0.4 is 18.9 Å². The lowest BCUT2D eigenvalue weighted by atomic mass is 9.87. The number of nitrogens with zero attached hydrogens (tertiary/aromatic N) is 5. The van der Waals surface area contributed by atoms with Crippen LogP contribution in [0, 0.1) is 0 Å². The quantitative estimate of drug-likeness (QED) is 0.0167. The number of benzene rings is 12. The van der Waals surface area contributed by atoms with Crippen LogP contribution in [0.15, 0.2) is 315 Å². The van der Waals surface area contributed by atoms with Gasteiger partial charge >= 0.3 is 0 Å². The first-order chi connectivity index (χ1) is 66.9. The molecule has 4 aliphatic rings. The summed E-state index contributed by atoms with van der Waals surface area (Å²) in [5.74, 6) is 4.44. The Morgan fingerprint density at radius 1 is 0.235 bits per heavy atom. The maximum Gasteiger partial charge on any atom is 0.119 e. The number of hydrogen-bond donors (Lipinski definition) is 8. The second-order valence-electron chi connectivity index (χ2n) is 34.9. The van der Waals surface area contributed by atoms with Crippen LogP contribution in [-0.4, -0.2) is 230 Å². The Bertz CT molecular complexity index is 5390. The normalized spacial score (nSPS) is 15.2. The predicted octanol–water partition coefficient (Wildman–Crippen LogP) is 21.2. The molecule has 8 N–H and O–H groups in total. The van der Waals surface area contributed by atoms with Crippen LogP contribution in [0.25, 0.3) is 44.6 Å². The number of phenols is 4. The number of aliphatic hydroxyl groups excluding tert-OH is 4. The molecule has 4 fully saturated rings. The number of ether oxygens (including phenoxy) is 5.